The van der Waals surface area contributed by atoms with Crippen LogP contribution in [0, 0.1) is 13.8 Å². The molecule has 0 radical (unpaired) electrons. The van der Waals surface area contributed by atoms with Crippen molar-refractivity contribution >= 4 is 0 Å². The zero-order chi connectivity index (χ0) is 13.2. The standard InChI is InChI=1S/C14H18N4/c1-10-12(5-3-7-17-10)14(16,9-15)13-6-4-8-18-11(13)2/h3-8H,9,15-16H2,1-2H3. The number of aryl methyl sites for hydroxylation is 2. The number of hydrogen-bond acceptors (Lipinski definition) is 4. The summed E-state index contributed by atoms with van der Waals surface area (Å²) in [6, 6.07) is 7.71. The lowest BCUT2D eigenvalue weighted by Gasteiger charge is -2.31. The van der Waals surface area contributed by atoms with Crippen LogP contribution in [0.5, 0.6) is 0 Å². The highest BCUT2D eigenvalue weighted by Crippen LogP contribution is 2.28. The van der Waals surface area contributed by atoms with Gasteiger partial charge >= 0.3 is 0 Å². The van der Waals surface area contributed by atoms with Gasteiger partial charge in [-0.2, -0.15) is 0 Å². The fourth-order valence-corrected chi connectivity index (χ4v) is 2.28. The third-order valence-corrected chi connectivity index (χ3v) is 3.30. The lowest BCUT2D eigenvalue weighted by molar-refractivity contribution is 0.539. The molecule has 0 fully saturated rings. The van der Waals surface area contributed by atoms with E-state index in [0.717, 1.165) is 22.5 Å². The Bertz CT molecular complexity index is 505. The lowest BCUT2D eigenvalue weighted by Crippen LogP contribution is -2.46. The maximum Gasteiger partial charge on any atom is 0.0825 e. The molecule has 0 aliphatic rings. The summed E-state index contributed by atoms with van der Waals surface area (Å²) in [5.41, 5.74) is 15.4. The van der Waals surface area contributed by atoms with Crippen LogP contribution < -0.4 is 11.5 Å². The average molecular weight is 242 g/mol. The number of pyridine rings is 2. The maximum atomic E-state index is 6.54. The van der Waals surface area contributed by atoms with Crippen molar-refractivity contribution in [1.29, 1.82) is 0 Å². The molecule has 0 unspecified atom stereocenters. The van der Waals surface area contributed by atoms with Gasteiger partial charge in [0, 0.05) is 30.3 Å². The van der Waals surface area contributed by atoms with E-state index in [1.807, 2.05) is 38.1 Å². The molecular weight excluding hydrogens is 224 g/mol. The summed E-state index contributed by atoms with van der Waals surface area (Å²) >= 11 is 0. The van der Waals surface area contributed by atoms with Gasteiger partial charge in [-0.3, -0.25) is 9.97 Å². The largest absolute Gasteiger partial charge is 0.328 e. The lowest BCUT2D eigenvalue weighted by atomic mass is 9.82. The van der Waals surface area contributed by atoms with Gasteiger partial charge in [0.15, 0.2) is 0 Å². The Hall–Kier alpha value is -1.78. The first-order valence-electron chi connectivity index (χ1n) is 5.92. The number of nitrogens with two attached hydrogens (primary N) is 2. The molecule has 18 heavy (non-hydrogen) atoms. The molecule has 2 heterocycles. The molecule has 0 saturated heterocycles. The van der Waals surface area contributed by atoms with E-state index in [9.17, 15) is 0 Å². The van der Waals surface area contributed by atoms with Crippen molar-refractivity contribution < 1.29 is 0 Å². The van der Waals surface area contributed by atoms with Gasteiger partial charge < -0.3 is 11.5 Å². The predicted molar refractivity (Wildman–Crippen MR) is 72.0 cm³/mol. The molecule has 0 saturated carbocycles. The first kappa shape index (κ1) is 12.7. The van der Waals surface area contributed by atoms with E-state index in [0.29, 0.717) is 6.54 Å². The van der Waals surface area contributed by atoms with E-state index in [1.165, 1.54) is 0 Å². The molecule has 4 heteroatoms. The minimum Gasteiger partial charge on any atom is -0.328 e. The second-order valence-corrected chi connectivity index (χ2v) is 4.45. The van der Waals surface area contributed by atoms with Gasteiger partial charge in [-0.15, -0.1) is 0 Å². The Balaban J connectivity index is 2.63. The van der Waals surface area contributed by atoms with E-state index in [2.05, 4.69) is 9.97 Å². The van der Waals surface area contributed by atoms with Crippen LogP contribution in [0.15, 0.2) is 36.7 Å². The van der Waals surface area contributed by atoms with Crippen molar-refractivity contribution in [3.8, 4) is 0 Å². The summed E-state index contributed by atoms with van der Waals surface area (Å²) < 4.78 is 0. The van der Waals surface area contributed by atoms with Crippen LogP contribution in [0.1, 0.15) is 22.5 Å². The highest BCUT2D eigenvalue weighted by Gasteiger charge is 2.31. The molecule has 4 nitrogen and oxygen atoms in total. The molecule has 94 valence electrons. The molecule has 2 aromatic heterocycles. The van der Waals surface area contributed by atoms with Gasteiger partial charge in [0.1, 0.15) is 0 Å². The smallest absolute Gasteiger partial charge is 0.0825 e. The quantitative estimate of drug-likeness (QED) is 0.849. The summed E-state index contributed by atoms with van der Waals surface area (Å²) in [6.45, 7) is 4.20. The van der Waals surface area contributed by atoms with Crippen molar-refractivity contribution in [2.24, 2.45) is 11.5 Å². The Morgan fingerprint density at radius 1 is 1.00 bits per heavy atom. The Kier molecular flexibility index (Phi) is 3.41. The Morgan fingerprint density at radius 2 is 1.44 bits per heavy atom. The highest BCUT2D eigenvalue weighted by atomic mass is 14.8. The number of rotatable bonds is 3. The molecule has 2 aromatic rings. The molecule has 0 aliphatic carbocycles. The van der Waals surface area contributed by atoms with Gasteiger partial charge in [0.05, 0.1) is 5.54 Å². The Labute approximate surface area is 107 Å². The van der Waals surface area contributed by atoms with E-state index in [4.69, 9.17) is 11.5 Å². The van der Waals surface area contributed by atoms with Gasteiger partial charge in [-0.05, 0) is 37.1 Å². The summed E-state index contributed by atoms with van der Waals surface area (Å²) in [5.74, 6) is 0. The molecule has 0 atom stereocenters. The van der Waals surface area contributed by atoms with Gasteiger partial charge in [0.2, 0.25) is 0 Å². The number of hydrogen-bond donors (Lipinski definition) is 2. The van der Waals surface area contributed by atoms with Gasteiger partial charge in [-0.1, -0.05) is 12.1 Å². The maximum absolute atomic E-state index is 6.54. The third kappa shape index (κ3) is 2.00. The number of nitrogens with zero attached hydrogens (tertiary/aromatic N) is 2. The van der Waals surface area contributed by atoms with E-state index in [-0.39, 0.29) is 0 Å². The molecule has 0 spiro atoms. The predicted octanol–water partition coefficient (Wildman–Crippen LogP) is 1.25. The van der Waals surface area contributed by atoms with Crippen LogP contribution in [0.3, 0.4) is 0 Å². The monoisotopic (exact) mass is 242 g/mol. The van der Waals surface area contributed by atoms with Crippen molar-refractivity contribution in [2.75, 3.05) is 6.54 Å². The normalized spacial score (nSPS) is 11.6. The first-order chi connectivity index (χ1) is 8.59. The SMILES string of the molecule is Cc1ncccc1C(N)(CN)c1cccnc1C. The molecule has 4 N–H and O–H groups in total. The number of aromatic nitrogens is 2. The summed E-state index contributed by atoms with van der Waals surface area (Å²) in [5, 5.41) is 0. The average Bonchev–Trinajstić information content (AvgIpc) is 2.39. The fourth-order valence-electron chi connectivity index (χ4n) is 2.28. The molecule has 2 rings (SSSR count). The van der Waals surface area contributed by atoms with E-state index < -0.39 is 5.54 Å². The fraction of sp³-hybridized carbons (Fsp3) is 0.286. The third-order valence-electron chi connectivity index (χ3n) is 3.30. The summed E-state index contributed by atoms with van der Waals surface area (Å²) in [4.78, 5) is 8.58. The minimum absolute atomic E-state index is 0.312. The van der Waals surface area contributed by atoms with Crippen LogP contribution in [-0.4, -0.2) is 16.5 Å². The van der Waals surface area contributed by atoms with Gasteiger partial charge in [0.25, 0.3) is 0 Å². The van der Waals surface area contributed by atoms with Crippen molar-refractivity contribution in [1.82, 2.24) is 9.97 Å². The molecule has 0 aromatic carbocycles. The Morgan fingerprint density at radius 3 is 1.78 bits per heavy atom. The second kappa shape index (κ2) is 4.84. The highest BCUT2D eigenvalue weighted by molar-refractivity contribution is 5.41. The zero-order valence-electron chi connectivity index (χ0n) is 10.7. The van der Waals surface area contributed by atoms with Crippen LogP contribution in [0.2, 0.25) is 0 Å². The molecular formula is C14H18N4. The molecule has 0 aliphatic heterocycles. The topological polar surface area (TPSA) is 77.8 Å². The zero-order valence-corrected chi connectivity index (χ0v) is 10.7. The van der Waals surface area contributed by atoms with E-state index in [1.54, 1.807) is 12.4 Å². The van der Waals surface area contributed by atoms with Crippen molar-refractivity contribution in [3.63, 3.8) is 0 Å². The van der Waals surface area contributed by atoms with E-state index >= 15 is 0 Å². The van der Waals surface area contributed by atoms with Crippen LogP contribution in [0.4, 0.5) is 0 Å². The molecule has 0 amide bonds. The first-order valence-corrected chi connectivity index (χ1v) is 5.92. The van der Waals surface area contributed by atoms with Crippen molar-refractivity contribution in [2.45, 2.75) is 19.4 Å². The van der Waals surface area contributed by atoms with Crippen LogP contribution in [-0.2, 0) is 5.54 Å². The molecule has 0 bridgehead atoms. The van der Waals surface area contributed by atoms with Crippen LogP contribution >= 0.6 is 0 Å². The van der Waals surface area contributed by atoms with Crippen molar-refractivity contribution in [3.05, 3.63) is 59.2 Å². The second-order valence-electron chi connectivity index (χ2n) is 4.45. The van der Waals surface area contributed by atoms with Crippen LogP contribution in [0.25, 0.3) is 0 Å². The summed E-state index contributed by atoms with van der Waals surface area (Å²) in [7, 11) is 0. The van der Waals surface area contributed by atoms with Gasteiger partial charge in [-0.25, -0.2) is 0 Å². The minimum atomic E-state index is -0.739. The summed E-state index contributed by atoms with van der Waals surface area (Å²) in [6.07, 6.45) is 3.51.